The van der Waals surface area contributed by atoms with E-state index in [1.165, 1.54) is 5.56 Å². The van der Waals surface area contributed by atoms with Crippen LogP contribution in [0.2, 0.25) is 0 Å². The molecule has 2 rings (SSSR count). The molecule has 0 spiro atoms. The second kappa shape index (κ2) is 5.99. The van der Waals surface area contributed by atoms with Crippen LogP contribution in [0.4, 0.5) is 0 Å². The number of rotatable bonds is 5. The molecule has 0 radical (unpaired) electrons. The molecule has 0 saturated carbocycles. The van der Waals surface area contributed by atoms with Gasteiger partial charge in [-0.3, -0.25) is 0 Å². The molecule has 2 aromatic heterocycles. The van der Waals surface area contributed by atoms with Crippen molar-refractivity contribution in [1.29, 1.82) is 5.26 Å². The van der Waals surface area contributed by atoms with Crippen molar-refractivity contribution < 1.29 is 0 Å². The van der Waals surface area contributed by atoms with E-state index in [2.05, 4.69) is 46.3 Å². The first kappa shape index (κ1) is 12.3. The van der Waals surface area contributed by atoms with Crippen LogP contribution < -0.4 is 5.32 Å². The molecule has 0 aliphatic rings. The summed E-state index contributed by atoms with van der Waals surface area (Å²) in [5.74, 6) is 0. The Morgan fingerprint density at radius 1 is 1.39 bits per heavy atom. The monoisotopic (exact) mass is 240 g/mol. The molecule has 0 saturated heterocycles. The Morgan fingerprint density at radius 2 is 2.28 bits per heavy atom. The third-order valence-corrected chi connectivity index (χ3v) is 2.69. The number of hydrogen-bond donors (Lipinski definition) is 1. The number of nitrogens with zero attached hydrogens (tertiary/aromatic N) is 3. The molecule has 0 atom stereocenters. The second-order valence-electron chi connectivity index (χ2n) is 4.13. The fourth-order valence-corrected chi connectivity index (χ4v) is 1.81. The standard InChI is InChI=1S/C14H16N4/c1-2-16-9-13-4-6-18(11-13)10-12-3-5-17-14(7-12)8-15/h3-7,11,16H,2,9-10H2,1H3. The molecule has 18 heavy (non-hydrogen) atoms. The van der Waals surface area contributed by atoms with E-state index >= 15 is 0 Å². The lowest BCUT2D eigenvalue weighted by Gasteiger charge is -2.03. The first-order valence-corrected chi connectivity index (χ1v) is 6.02. The summed E-state index contributed by atoms with van der Waals surface area (Å²) < 4.78 is 2.11. The zero-order valence-corrected chi connectivity index (χ0v) is 10.4. The van der Waals surface area contributed by atoms with Gasteiger partial charge in [-0.05, 0) is 35.9 Å². The molecule has 4 nitrogen and oxygen atoms in total. The number of aromatic nitrogens is 2. The molecule has 0 aromatic carbocycles. The minimum Gasteiger partial charge on any atom is -0.350 e. The third kappa shape index (κ3) is 3.19. The van der Waals surface area contributed by atoms with Gasteiger partial charge in [0, 0.05) is 31.7 Å². The molecular formula is C14H16N4. The summed E-state index contributed by atoms with van der Waals surface area (Å²) in [6, 6.07) is 7.92. The smallest absolute Gasteiger partial charge is 0.140 e. The summed E-state index contributed by atoms with van der Waals surface area (Å²) in [4.78, 5) is 3.96. The highest BCUT2D eigenvalue weighted by molar-refractivity contribution is 5.26. The number of hydrogen-bond acceptors (Lipinski definition) is 3. The largest absolute Gasteiger partial charge is 0.350 e. The predicted octanol–water partition coefficient (Wildman–Crippen LogP) is 1.91. The van der Waals surface area contributed by atoms with Crippen LogP contribution >= 0.6 is 0 Å². The summed E-state index contributed by atoms with van der Waals surface area (Å²) in [5, 5.41) is 12.1. The first-order chi connectivity index (χ1) is 8.81. The SMILES string of the molecule is CCNCc1ccn(Cc2ccnc(C#N)c2)c1. The Labute approximate surface area is 107 Å². The van der Waals surface area contributed by atoms with E-state index in [-0.39, 0.29) is 0 Å². The van der Waals surface area contributed by atoms with Gasteiger partial charge in [0.1, 0.15) is 11.8 Å². The molecule has 0 unspecified atom stereocenters. The number of pyridine rings is 1. The second-order valence-corrected chi connectivity index (χ2v) is 4.13. The normalized spacial score (nSPS) is 10.2. The van der Waals surface area contributed by atoms with E-state index in [1.807, 2.05) is 12.1 Å². The van der Waals surface area contributed by atoms with Crippen molar-refractivity contribution in [1.82, 2.24) is 14.9 Å². The Balaban J connectivity index is 2.04. The highest BCUT2D eigenvalue weighted by atomic mass is 14.9. The van der Waals surface area contributed by atoms with Crippen molar-refractivity contribution in [3.05, 3.63) is 53.6 Å². The Morgan fingerprint density at radius 3 is 3.06 bits per heavy atom. The van der Waals surface area contributed by atoms with Gasteiger partial charge in [0.2, 0.25) is 0 Å². The molecular weight excluding hydrogens is 224 g/mol. The van der Waals surface area contributed by atoms with E-state index < -0.39 is 0 Å². The quantitative estimate of drug-likeness (QED) is 0.868. The molecule has 4 heteroatoms. The third-order valence-electron chi connectivity index (χ3n) is 2.69. The van der Waals surface area contributed by atoms with Crippen LogP contribution in [0.1, 0.15) is 23.7 Å². The summed E-state index contributed by atoms with van der Waals surface area (Å²) in [7, 11) is 0. The minimum absolute atomic E-state index is 0.465. The lowest BCUT2D eigenvalue weighted by atomic mass is 10.2. The van der Waals surface area contributed by atoms with Crippen molar-refractivity contribution >= 4 is 0 Å². The maximum absolute atomic E-state index is 8.80. The molecule has 2 aromatic rings. The number of nitrogens with one attached hydrogen (secondary N) is 1. The average molecular weight is 240 g/mol. The van der Waals surface area contributed by atoms with E-state index in [9.17, 15) is 0 Å². The molecule has 2 heterocycles. The summed E-state index contributed by atoms with van der Waals surface area (Å²) in [5.41, 5.74) is 2.83. The van der Waals surface area contributed by atoms with Gasteiger partial charge in [0.05, 0.1) is 0 Å². The molecule has 0 fully saturated rings. The van der Waals surface area contributed by atoms with Crippen molar-refractivity contribution in [2.75, 3.05) is 6.54 Å². The maximum atomic E-state index is 8.80. The number of nitriles is 1. The fourth-order valence-electron chi connectivity index (χ4n) is 1.81. The molecule has 0 aliphatic heterocycles. The summed E-state index contributed by atoms with van der Waals surface area (Å²) in [6.45, 7) is 4.73. The molecule has 0 amide bonds. The van der Waals surface area contributed by atoms with E-state index in [4.69, 9.17) is 5.26 Å². The van der Waals surface area contributed by atoms with Gasteiger partial charge < -0.3 is 9.88 Å². The Kier molecular flexibility index (Phi) is 4.11. The van der Waals surface area contributed by atoms with Gasteiger partial charge in [-0.25, -0.2) is 4.98 Å². The van der Waals surface area contributed by atoms with E-state index in [0.29, 0.717) is 5.69 Å². The summed E-state index contributed by atoms with van der Waals surface area (Å²) >= 11 is 0. The minimum atomic E-state index is 0.465. The van der Waals surface area contributed by atoms with Gasteiger partial charge in [0.25, 0.3) is 0 Å². The van der Waals surface area contributed by atoms with Gasteiger partial charge in [-0.1, -0.05) is 6.92 Å². The molecule has 1 N–H and O–H groups in total. The van der Waals surface area contributed by atoms with Crippen molar-refractivity contribution in [2.45, 2.75) is 20.0 Å². The van der Waals surface area contributed by atoms with Crippen LogP contribution in [0.25, 0.3) is 0 Å². The lowest BCUT2D eigenvalue weighted by molar-refractivity contribution is 0.721. The van der Waals surface area contributed by atoms with E-state index in [1.54, 1.807) is 6.20 Å². The Bertz CT molecular complexity index is 551. The average Bonchev–Trinajstić information content (AvgIpc) is 2.84. The van der Waals surface area contributed by atoms with Crippen LogP contribution in [0.15, 0.2) is 36.8 Å². The molecule has 92 valence electrons. The highest BCUT2D eigenvalue weighted by Crippen LogP contribution is 2.07. The van der Waals surface area contributed by atoms with Gasteiger partial charge in [0.15, 0.2) is 0 Å². The molecule has 0 aliphatic carbocycles. The van der Waals surface area contributed by atoms with Crippen molar-refractivity contribution in [3.63, 3.8) is 0 Å². The highest BCUT2D eigenvalue weighted by Gasteiger charge is 1.99. The van der Waals surface area contributed by atoms with Gasteiger partial charge >= 0.3 is 0 Å². The van der Waals surface area contributed by atoms with Crippen LogP contribution in [0.5, 0.6) is 0 Å². The topological polar surface area (TPSA) is 53.6 Å². The van der Waals surface area contributed by atoms with Gasteiger partial charge in [-0.15, -0.1) is 0 Å². The van der Waals surface area contributed by atoms with Crippen LogP contribution in [0.3, 0.4) is 0 Å². The van der Waals surface area contributed by atoms with Gasteiger partial charge in [-0.2, -0.15) is 5.26 Å². The van der Waals surface area contributed by atoms with E-state index in [0.717, 1.165) is 25.2 Å². The van der Waals surface area contributed by atoms with Crippen LogP contribution in [-0.4, -0.2) is 16.1 Å². The first-order valence-electron chi connectivity index (χ1n) is 6.02. The molecule has 0 bridgehead atoms. The van der Waals surface area contributed by atoms with Crippen molar-refractivity contribution in [2.24, 2.45) is 0 Å². The van der Waals surface area contributed by atoms with Crippen molar-refractivity contribution in [3.8, 4) is 6.07 Å². The fraction of sp³-hybridized carbons (Fsp3) is 0.286. The summed E-state index contributed by atoms with van der Waals surface area (Å²) in [6.07, 6.45) is 5.85. The zero-order valence-electron chi connectivity index (χ0n) is 10.4. The Hall–Kier alpha value is -2.12. The van der Waals surface area contributed by atoms with Crippen LogP contribution in [-0.2, 0) is 13.1 Å². The lowest BCUT2D eigenvalue weighted by Crippen LogP contribution is -2.11. The predicted molar refractivity (Wildman–Crippen MR) is 69.9 cm³/mol. The van der Waals surface area contributed by atoms with Crippen LogP contribution in [0, 0.1) is 11.3 Å². The zero-order chi connectivity index (χ0) is 12.8. The maximum Gasteiger partial charge on any atom is 0.140 e.